The summed E-state index contributed by atoms with van der Waals surface area (Å²) in [5.74, 6) is -1.30. The van der Waals surface area contributed by atoms with Crippen LogP contribution in [0.2, 0.25) is 0 Å². The molecule has 7 heteroatoms. The van der Waals surface area contributed by atoms with Gasteiger partial charge in [0, 0.05) is 34.8 Å². The fraction of sp³-hybridized carbons (Fsp3) is 0.240. The van der Waals surface area contributed by atoms with E-state index in [0.29, 0.717) is 5.56 Å². The minimum absolute atomic E-state index is 0.0438. The first-order valence-corrected chi connectivity index (χ1v) is 11.5. The molecular formula is C25H22F2N2O2S. The Morgan fingerprint density at radius 2 is 1.66 bits per heavy atom. The second-order valence-electron chi connectivity index (χ2n) is 8.14. The first-order valence-electron chi connectivity index (χ1n) is 10.5. The number of amides is 1. The maximum Gasteiger partial charge on any atom is 0.253 e. The Labute approximate surface area is 189 Å². The van der Waals surface area contributed by atoms with Gasteiger partial charge in [-0.3, -0.25) is 4.79 Å². The average Bonchev–Trinajstić information content (AvgIpc) is 3.25. The van der Waals surface area contributed by atoms with Gasteiger partial charge >= 0.3 is 0 Å². The van der Waals surface area contributed by atoms with Gasteiger partial charge in [-0.1, -0.05) is 24.3 Å². The van der Waals surface area contributed by atoms with Crippen molar-refractivity contribution in [1.29, 1.82) is 0 Å². The molecule has 0 radical (unpaired) electrons. The lowest BCUT2D eigenvalue weighted by Gasteiger charge is -2.38. The van der Waals surface area contributed by atoms with Crippen molar-refractivity contribution in [1.82, 2.24) is 4.90 Å². The maximum absolute atomic E-state index is 14.2. The molecule has 0 bridgehead atoms. The van der Waals surface area contributed by atoms with Crippen LogP contribution in [0, 0.1) is 11.6 Å². The van der Waals surface area contributed by atoms with E-state index in [2.05, 4.69) is 17.0 Å². The molecule has 0 unspecified atom stereocenters. The highest BCUT2D eigenvalue weighted by Crippen LogP contribution is 2.42. The molecule has 1 fully saturated rings. The third-order valence-corrected chi connectivity index (χ3v) is 7.31. The van der Waals surface area contributed by atoms with Crippen LogP contribution in [0.4, 0.5) is 20.2 Å². The molecule has 2 aliphatic heterocycles. The third kappa shape index (κ3) is 3.65. The standard InChI is InChI=1S/C25H22F2N2O2S/c26-20-5-3-4-19(23(20)27)25(31)12-14-28(15-13-25)24(30)17-8-10-18(11-9-17)29-16-32-22-7-2-1-6-21(22)29/h1-11,31H,12-16H2. The van der Waals surface area contributed by atoms with Gasteiger partial charge in [-0.15, -0.1) is 11.8 Å². The molecule has 4 nitrogen and oxygen atoms in total. The minimum Gasteiger partial charge on any atom is -0.385 e. The number of nitrogens with zero attached hydrogens (tertiary/aromatic N) is 2. The molecule has 0 saturated carbocycles. The number of thioether (sulfide) groups is 1. The van der Waals surface area contributed by atoms with Gasteiger partial charge in [0.05, 0.1) is 17.2 Å². The summed E-state index contributed by atoms with van der Waals surface area (Å²) in [5.41, 5.74) is 1.23. The van der Waals surface area contributed by atoms with Gasteiger partial charge in [0.25, 0.3) is 5.91 Å². The van der Waals surface area contributed by atoms with Crippen LogP contribution < -0.4 is 4.90 Å². The van der Waals surface area contributed by atoms with E-state index in [1.807, 2.05) is 36.4 Å². The van der Waals surface area contributed by atoms with E-state index in [1.54, 1.807) is 16.7 Å². The van der Waals surface area contributed by atoms with E-state index >= 15 is 0 Å². The number of piperidine rings is 1. The summed E-state index contributed by atoms with van der Waals surface area (Å²) in [6.45, 7) is 0.534. The molecular weight excluding hydrogens is 430 g/mol. The van der Waals surface area contributed by atoms with Crippen molar-refractivity contribution in [2.75, 3.05) is 23.9 Å². The van der Waals surface area contributed by atoms with Gasteiger partial charge in [-0.05, 0) is 55.3 Å². The average molecular weight is 453 g/mol. The van der Waals surface area contributed by atoms with Crippen molar-refractivity contribution in [2.45, 2.75) is 23.3 Å². The van der Waals surface area contributed by atoms with Crippen molar-refractivity contribution < 1.29 is 18.7 Å². The number of fused-ring (bicyclic) bond motifs is 1. The zero-order chi connectivity index (χ0) is 22.3. The SMILES string of the molecule is O=C(c1ccc(N2CSc3ccccc32)cc1)N1CCC(O)(c2cccc(F)c2F)CC1. The Morgan fingerprint density at radius 1 is 0.938 bits per heavy atom. The van der Waals surface area contributed by atoms with Crippen LogP contribution in [-0.4, -0.2) is 34.9 Å². The largest absolute Gasteiger partial charge is 0.385 e. The number of carbonyl (C=O) groups is 1. The Balaban J connectivity index is 1.27. The number of rotatable bonds is 3. The molecule has 0 aliphatic carbocycles. The van der Waals surface area contributed by atoms with Gasteiger partial charge < -0.3 is 14.9 Å². The van der Waals surface area contributed by atoms with Gasteiger partial charge in [-0.2, -0.15) is 0 Å². The van der Waals surface area contributed by atoms with Gasteiger partial charge in [0.1, 0.15) is 0 Å². The molecule has 164 valence electrons. The van der Waals surface area contributed by atoms with Crippen molar-refractivity contribution in [3.63, 3.8) is 0 Å². The van der Waals surface area contributed by atoms with E-state index in [1.165, 1.54) is 17.0 Å². The summed E-state index contributed by atoms with van der Waals surface area (Å²) in [4.78, 5) is 18.1. The fourth-order valence-corrected chi connectivity index (χ4v) is 5.46. The minimum atomic E-state index is -1.48. The van der Waals surface area contributed by atoms with Crippen LogP contribution in [0.15, 0.2) is 71.6 Å². The Hall–Kier alpha value is -2.90. The predicted octanol–water partition coefficient (Wildman–Crippen LogP) is 5.29. The van der Waals surface area contributed by atoms with Crippen LogP contribution in [-0.2, 0) is 5.60 Å². The summed E-state index contributed by atoms with van der Waals surface area (Å²) in [5, 5.41) is 10.9. The molecule has 1 saturated heterocycles. The van der Waals surface area contributed by atoms with Gasteiger partial charge in [0.15, 0.2) is 11.6 Å². The van der Waals surface area contributed by atoms with Crippen molar-refractivity contribution >= 4 is 29.0 Å². The summed E-state index contributed by atoms with van der Waals surface area (Å²) in [7, 11) is 0. The predicted molar refractivity (Wildman–Crippen MR) is 121 cm³/mol. The quantitative estimate of drug-likeness (QED) is 0.587. The van der Waals surface area contributed by atoms with Crippen LogP contribution >= 0.6 is 11.8 Å². The smallest absolute Gasteiger partial charge is 0.253 e. The van der Waals surface area contributed by atoms with Crippen molar-refractivity contribution in [2.24, 2.45) is 0 Å². The molecule has 5 rings (SSSR count). The highest BCUT2D eigenvalue weighted by atomic mass is 32.2. The number of hydrogen-bond donors (Lipinski definition) is 1. The van der Waals surface area contributed by atoms with Crippen molar-refractivity contribution in [3.8, 4) is 0 Å². The van der Waals surface area contributed by atoms with E-state index in [-0.39, 0.29) is 37.4 Å². The Kier molecular flexibility index (Phi) is 5.39. The zero-order valence-corrected chi connectivity index (χ0v) is 18.1. The van der Waals surface area contributed by atoms with Crippen LogP contribution in [0.25, 0.3) is 0 Å². The summed E-state index contributed by atoms with van der Waals surface area (Å²) in [6, 6.07) is 19.6. The van der Waals surface area contributed by atoms with Gasteiger partial charge in [-0.25, -0.2) is 8.78 Å². The zero-order valence-electron chi connectivity index (χ0n) is 17.3. The molecule has 2 heterocycles. The van der Waals surface area contributed by atoms with E-state index in [0.717, 1.165) is 23.3 Å². The van der Waals surface area contributed by atoms with Crippen LogP contribution in [0.3, 0.4) is 0 Å². The van der Waals surface area contributed by atoms with E-state index < -0.39 is 17.2 Å². The molecule has 0 atom stereocenters. The normalized spacial score (nSPS) is 17.3. The highest BCUT2D eigenvalue weighted by Gasteiger charge is 2.38. The first kappa shape index (κ1) is 21.0. The number of benzene rings is 3. The monoisotopic (exact) mass is 452 g/mol. The lowest BCUT2D eigenvalue weighted by molar-refractivity contribution is -0.0240. The number of carbonyl (C=O) groups excluding carboxylic acids is 1. The third-order valence-electron chi connectivity index (χ3n) is 6.26. The van der Waals surface area contributed by atoms with Gasteiger partial charge in [0.2, 0.25) is 0 Å². The fourth-order valence-electron chi connectivity index (χ4n) is 4.40. The number of likely N-dealkylation sites (tertiary alicyclic amines) is 1. The molecule has 1 amide bonds. The molecule has 3 aromatic rings. The maximum atomic E-state index is 14.2. The number of anilines is 2. The Morgan fingerprint density at radius 3 is 2.41 bits per heavy atom. The van der Waals surface area contributed by atoms with Crippen LogP contribution in [0.5, 0.6) is 0 Å². The lowest BCUT2D eigenvalue weighted by atomic mass is 9.84. The second kappa shape index (κ2) is 8.22. The van der Waals surface area contributed by atoms with E-state index in [4.69, 9.17) is 0 Å². The molecule has 1 N–H and O–H groups in total. The van der Waals surface area contributed by atoms with E-state index in [9.17, 15) is 18.7 Å². The molecule has 3 aromatic carbocycles. The highest BCUT2D eigenvalue weighted by molar-refractivity contribution is 7.99. The molecule has 0 spiro atoms. The molecule has 2 aliphatic rings. The topological polar surface area (TPSA) is 43.8 Å². The van der Waals surface area contributed by atoms with Crippen molar-refractivity contribution in [3.05, 3.63) is 89.5 Å². The summed E-state index contributed by atoms with van der Waals surface area (Å²) in [6.07, 6.45) is 0.304. The number of halogens is 2. The molecule has 0 aromatic heterocycles. The lowest BCUT2D eigenvalue weighted by Crippen LogP contribution is -2.45. The number of aliphatic hydroxyl groups is 1. The summed E-state index contributed by atoms with van der Waals surface area (Å²) >= 11 is 1.78. The summed E-state index contributed by atoms with van der Waals surface area (Å²) < 4.78 is 27.8. The Bertz CT molecular complexity index is 1160. The number of para-hydroxylation sites is 1. The molecule has 32 heavy (non-hydrogen) atoms. The number of hydrogen-bond acceptors (Lipinski definition) is 4. The first-order chi connectivity index (χ1) is 15.5. The second-order valence-corrected chi connectivity index (χ2v) is 9.13. The van der Waals surface area contributed by atoms with Crippen LogP contribution in [0.1, 0.15) is 28.8 Å².